The molecule has 0 spiro atoms. The molecule has 0 aliphatic carbocycles. The van der Waals surface area contributed by atoms with Crippen molar-refractivity contribution in [2.75, 3.05) is 13.6 Å². The monoisotopic (exact) mass is 142 g/mol. The lowest BCUT2D eigenvalue weighted by molar-refractivity contribution is 0.166. The van der Waals surface area contributed by atoms with Crippen molar-refractivity contribution >= 4 is 0 Å². The predicted octanol–water partition coefficient (Wildman–Crippen LogP) is 0.818. The predicted molar refractivity (Wildman–Crippen MR) is 43.9 cm³/mol. The van der Waals surface area contributed by atoms with E-state index in [1.807, 2.05) is 0 Å². The van der Waals surface area contributed by atoms with Crippen LogP contribution < -0.4 is 5.73 Å². The van der Waals surface area contributed by atoms with Gasteiger partial charge in [-0.2, -0.15) is 0 Å². The Labute approximate surface area is 63.4 Å². The van der Waals surface area contributed by atoms with Crippen LogP contribution in [-0.2, 0) is 0 Å². The first-order valence-electron chi connectivity index (χ1n) is 4.20. The SMILES string of the molecule is CC[C@H]1C[C@@H](N)CCN1C. The molecule has 0 radical (unpaired) electrons. The molecule has 1 heterocycles. The molecule has 2 N–H and O–H groups in total. The van der Waals surface area contributed by atoms with Gasteiger partial charge in [-0.15, -0.1) is 0 Å². The molecule has 0 aromatic carbocycles. The molecule has 1 aliphatic rings. The number of nitrogens with two attached hydrogens (primary N) is 1. The van der Waals surface area contributed by atoms with Gasteiger partial charge < -0.3 is 10.6 Å². The molecule has 0 bridgehead atoms. The van der Waals surface area contributed by atoms with Crippen molar-refractivity contribution in [3.05, 3.63) is 0 Å². The summed E-state index contributed by atoms with van der Waals surface area (Å²) in [6, 6.07) is 1.20. The van der Waals surface area contributed by atoms with Crippen LogP contribution in [0.25, 0.3) is 0 Å². The second-order valence-corrected chi connectivity index (χ2v) is 3.33. The first-order valence-corrected chi connectivity index (χ1v) is 4.20. The van der Waals surface area contributed by atoms with Crippen LogP contribution in [-0.4, -0.2) is 30.6 Å². The molecule has 1 fully saturated rings. The third-order valence-electron chi connectivity index (χ3n) is 2.52. The van der Waals surface area contributed by atoms with Gasteiger partial charge in [0.25, 0.3) is 0 Å². The van der Waals surface area contributed by atoms with E-state index in [-0.39, 0.29) is 0 Å². The molecule has 0 amide bonds. The molecule has 1 aliphatic heterocycles. The number of rotatable bonds is 1. The minimum atomic E-state index is 0.459. The highest BCUT2D eigenvalue weighted by Gasteiger charge is 2.21. The third-order valence-corrected chi connectivity index (χ3v) is 2.52. The molecule has 1 saturated heterocycles. The van der Waals surface area contributed by atoms with Crippen LogP contribution in [0.4, 0.5) is 0 Å². The van der Waals surface area contributed by atoms with Crippen LogP contribution in [0.1, 0.15) is 26.2 Å². The Morgan fingerprint density at radius 3 is 2.80 bits per heavy atom. The summed E-state index contributed by atoms with van der Waals surface area (Å²) in [6.45, 7) is 3.42. The van der Waals surface area contributed by atoms with Crippen molar-refractivity contribution in [1.29, 1.82) is 0 Å². The van der Waals surface area contributed by atoms with Crippen LogP contribution in [0.2, 0.25) is 0 Å². The summed E-state index contributed by atoms with van der Waals surface area (Å²) in [5, 5.41) is 0. The Morgan fingerprint density at radius 2 is 2.30 bits per heavy atom. The smallest absolute Gasteiger partial charge is 0.0104 e. The lowest BCUT2D eigenvalue weighted by Gasteiger charge is -2.34. The summed E-state index contributed by atoms with van der Waals surface area (Å²) in [5.41, 5.74) is 5.84. The molecule has 2 nitrogen and oxygen atoms in total. The van der Waals surface area contributed by atoms with Gasteiger partial charge in [0.15, 0.2) is 0 Å². The van der Waals surface area contributed by atoms with E-state index < -0.39 is 0 Å². The molecule has 0 aromatic heterocycles. The Hall–Kier alpha value is -0.0800. The van der Waals surface area contributed by atoms with E-state index in [1.165, 1.54) is 25.8 Å². The van der Waals surface area contributed by atoms with E-state index in [9.17, 15) is 0 Å². The standard InChI is InChI=1S/C8H18N2/c1-3-8-6-7(9)4-5-10(8)2/h7-8H,3-6,9H2,1-2H3/t7-,8-/m0/s1. The van der Waals surface area contributed by atoms with Crippen molar-refractivity contribution in [3.63, 3.8) is 0 Å². The number of piperidine rings is 1. The van der Waals surface area contributed by atoms with Gasteiger partial charge in [-0.05, 0) is 32.9 Å². The fraction of sp³-hybridized carbons (Fsp3) is 1.00. The lowest BCUT2D eigenvalue weighted by Crippen LogP contribution is -2.44. The minimum absolute atomic E-state index is 0.459. The Bertz CT molecular complexity index is 103. The van der Waals surface area contributed by atoms with Crippen molar-refractivity contribution in [2.24, 2.45) is 5.73 Å². The van der Waals surface area contributed by atoms with Gasteiger partial charge in [0, 0.05) is 12.1 Å². The maximum absolute atomic E-state index is 5.84. The normalized spacial score (nSPS) is 36.3. The van der Waals surface area contributed by atoms with Gasteiger partial charge in [0.1, 0.15) is 0 Å². The fourth-order valence-corrected chi connectivity index (χ4v) is 1.68. The van der Waals surface area contributed by atoms with Gasteiger partial charge in [0.2, 0.25) is 0 Å². The summed E-state index contributed by atoms with van der Waals surface area (Å²) in [6.07, 6.45) is 3.60. The average molecular weight is 142 g/mol. The topological polar surface area (TPSA) is 29.3 Å². The molecular weight excluding hydrogens is 124 g/mol. The zero-order valence-electron chi connectivity index (χ0n) is 7.01. The summed E-state index contributed by atoms with van der Waals surface area (Å²) < 4.78 is 0. The molecule has 0 saturated carbocycles. The van der Waals surface area contributed by atoms with Crippen LogP contribution in [0.3, 0.4) is 0 Å². The highest BCUT2D eigenvalue weighted by Crippen LogP contribution is 2.16. The van der Waals surface area contributed by atoms with E-state index in [2.05, 4.69) is 18.9 Å². The van der Waals surface area contributed by atoms with E-state index in [1.54, 1.807) is 0 Å². The van der Waals surface area contributed by atoms with E-state index in [0.29, 0.717) is 6.04 Å². The maximum atomic E-state index is 5.84. The minimum Gasteiger partial charge on any atom is -0.328 e. The van der Waals surface area contributed by atoms with E-state index in [0.717, 1.165) is 6.04 Å². The Morgan fingerprint density at radius 1 is 1.60 bits per heavy atom. The van der Waals surface area contributed by atoms with Crippen LogP contribution in [0.15, 0.2) is 0 Å². The third kappa shape index (κ3) is 1.70. The van der Waals surface area contributed by atoms with Crippen molar-refractivity contribution in [2.45, 2.75) is 38.3 Å². The quantitative estimate of drug-likeness (QED) is 0.587. The molecule has 60 valence electrons. The largest absolute Gasteiger partial charge is 0.328 e. The fourth-order valence-electron chi connectivity index (χ4n) is 1.68. The second kappa shape index (κ2) is 3.35. The van der Waals surface area contributed by atoms with E-state index >= 15 is 0 Å². The summed E-state index contributed by atoms with van der Waals surface area (Å²) in [4.78, 5) is 2.42. The molecular formula is C8H18N2. The number of hydrogen-bond acceptors (Lipinski definition) is 2. The van der Waals surface area contributed by atoms with Crippen molar-refractivity contribution in [1.82, 2.24) is 4.90 Å². The highest BCUT2D eigenvalue weighted by molar-refractivity contribution is 4.80. The first-order chi connectivity index (χ1) is 4.74. The van der Waals surface area contributed by atoms with Crippen molar-refractivity contribution < 1.29 is 0 Å². The van der Waals surface area contributed by atoms with E-state index in [4.69, 9.17) is 5.73 Å². The molecule has 0 unspecified atom stereocenters. The van der Waals surface area contributed by atoms with Gasteiger partial charge in [-0.1, -0.05) is 6.92 Å². The highest BCUT2D eigenvalue weighted by atomic mass is 15.1. The zero-order chi connectivity index (χ0) is 7.56. The Kier molecular flexibility index (Phi) is 2.69. The van der Waals surface area contributed by atoms with Gasteiger partial charge in [0.05, 0.1) is 0 Å². The van der Waals surface area contributed by atoms with Crippen LogP contribution in [0, 0.1) is 0 Å². The summed E-state index contributed by atoms with van der Waals surface area (Å²) in [7, 11) is 2.19. The molecule has 1 rings (SSSR count). The van der Waals surface area contributed by atoms with Gasteiger partial charge >= 0.3 is 0 Å². The first kappa shape index (κ1) is 8.02. The van der Waals surface area contributed by atoms with Gasteiger partial charge in [-0.25, -0.2) is 0 Å². The van der Waals surface area contributed by atoms with Crippen LogP contribution >= 0.6 is 0 Å². The molecule has 0 aromatic rings. The second-order valence-electron chi connectivity index (χ2n) is 3.33. The summed E-state index contributed by atoms with van der Waals surface area (Å²) in [5.74, 6) is 0. The summed E-state index contributed by atoms with van der Waals surface area (Å²) >= 11 is 0. The number of likely N-dealkylation sites (tertiary alicyclic amines) is 1. The number of hydrogen-bond donors (Lipinski definition) is 1. The van der Waals surface area contributed by atoms with Crippen molar-refractivity contribution in [3.8, 4) is 0 Å². The maximum Gasteiger partial charge on any atom is 0.0104 e. The lowest BCUT2D eigenvalue weighted by atomic mass is 9.97. The Balaban J connectivity index is 2.38. The average Bonchev–Trinajstić information content (AvgIpc) is 1.94. The zero-order valence-corrected chi connectivity index (χ0v) is 7.01. The van der Waals surface area contributed by atoms with Crippen LogP contribution in [0.5, 0.6) is 0 Å². The number of nitrogens with zero attached hydrogens (tertiary/aromatic N) is 1. The molecule has 10 heavy (non-hydrogen) atoms. The molecule has 2 atom stereocenters. The molecule has 2 heteroatoms. The van der Waals surface area contributed by atoms with Gasteiger partial charge in [-0.3, -0.25) is 0 Å².